The van der Waals surface area contributed by atoms with Crippen LogP contribution in [0.3, 0.4) is 0 Å². The van der Waals surface area contributed by atoms with Crippen molar-refractivity contribution in [3.63, 3.8) is 0 Å². The van der Waals surface area contributed by atoms with E-state index in [4.69, 9.17) is 9.47 Å². The number of phenols is 3. The first kappa shape index (κ1) is 24.2. The molecule has 33 heavy (non-hydrogen) atoms. The topological polar surface area (TPSA) is 116 Å². The van der Waals surface area contributed by atoms with Crippen LogP contribution in [0.1, 0.15) is 60.7 Å². The van der Waals surface area contributed by atoms with Crippen molar-refractivity contribution in [3.8, 4) is 28.7 Å². The maximum atomic E-state index is 12.9. The molecule has 0 saturated carbocycles. The highest BCUT2D eigenvalue weighted by Gasteiger charge is 2.33. The van der Waals surface area contributed by atoms with E-state index in [9.17, 15) is 25.2 Å². The van der Waals surface area contributed by atoms with Crippen LogP contribution < -0.4 is 9.47 Å². The van der Waals surface area contributed by atoms with E-state index in [-0.39, 0.29) is 52.7 Å². The quantitative estimate of drug-likeness (QED) is 0.426. The monoisotopic (exact) mass is 454 g/mol. The molecular weight excluding hydrogens is 424 g/mol. The molecule has 0 fully saturated rings. The van der Waals surface area contributed by atoms with E-state index < -0.39 is 18.0 Å². The Morgan fingerprint density at radius 3 is 2.64 bits per heavy atom. The number of rotatable bonds is 8. The van der Waals surface area contributed by atoms with Crippen molar-refractivity contribution >= 4 is 5.78 Å². The lowest BCUT2D eigenvalue weighted by Gasteiger charge is -2.28. The normalized spacial score (nSPS) is 15.9. The van der Waals surface area contributed by atoms with Crippen LogP contribution in [-0.2, 0) is 6.42 Å². The Balaban J connectivity index is 1.83. The largest absolute Gasteiger partial charge is 0.507 e. The lowest BCUT2D eigenvalue weighted by molar-refractivity contribution is 0.0843. The number of ether oxygens (including phenoxy) is 2. The van der Waals surface area contributed by atoms with Crippen molar-refractivity contribution in [2.75, 3.05) is 7.11 Å². The van der Waals surface area contributed by atoms with Gasteiger partial charge in [-0.3, -0.25) is 4.79 Å². The van der Waals surface area contributed by atoms with Gasteiger partial charge in [0.2, 0.25) is 0 Å². The number of aromatic hydroxyl groups is 3. The molecule has 7 heteroatoms. The van der Waals surface area contributed by atoms with Crippen molar-refractivity contribution in [2.45, 2.75) is 51.7 Å². The predicted octanol–water partition coefficient (Wildman–Crippen LogP) is 4.72. The van der Waals surface area contributed by atoms with Crippen molar-refractivity contribution in [2.24, 2.45) is 0 Å². The summed E-state index contributed by atoms with van der Waals surface area (Å²) in [5.41, 5.74) is 2.41. The summed E-state index contributed by atoms with van der Waals surface area (Å²) in [6, 6.07) is 5.92. The molecule has 0 aromatic heterocycles. The average Bonchev–Trinajstić information content (AvgIpc) is 2.75. The highest BCUT2D eigenvalue weighted by molar-refractivity contribution is 6.03. The fraction of sp³-hybridized carbons (Fsp3) is 0.346. The van der Waals surface area contributed by atoms with Gasteiger partial charge in [-0.2, -0.15) is 0 Å². The summed E-state index contributed by atoms with van der Waals surface area (Å²) in [7, 11) is 1.42. The Kier molecular flexibility index (Phi) is 7.33. The number of hydrogen-bond donors (Lipinski definition) is 4. The van der Waals surface area contributed by atoms with Gasteiger partial charge >= 0.3 is 0 Å². The van der Waals surface area contributed by atoms with Crippen LogP contribution in [0.4, 0.5) is 0 Å². The summed E-state index contributed by atoms with van der Waals surface area (Å²) < 4.78 is 11.0. The third kappa shape index (κ3) is 5.31. The zero-order valence-electron chi connectivity index (χ0n) is 19.1. The van der Waals surface area contributed by atoms with E-state index >= 15 is 0 Å². The van der Waals surface area contributed by atoms with Crippen molar-refractivity contribution < 1.29 is 34.7 Å². The first-order valence-electron chi connectivity index (χ1n) is 10.8. The second-order valence-electron chi connectivity index (χ2n) is 8.46. The molecule has 7 nitrogen and oxygen atoms in total. The molecule has 0 radical (unpaired) electrons. The van der Waals surface area contributed by atoms with E-state index in [1.165, 1.54) is 24.8 Å². The van der Waals surface area contributed by atoms with Crippen molar-refractivity contribution in [3.05, 3.63) is 64.8 Å². The van der Waals surface area contributed by atoms with E-state index in [1.807, 2.05) is 19.9 Å². The van der Waals surface area contributed by atoms with Gasteiger partial charge in [0, 0.05) is 18.1 Å². The lowest BCUT2D eigenvalue weighted by atomic mass is 9.91. The number of benzene rings is 2. The van der Waals surface area contributed by atoms with E-state index in [0.29, 0.717) is 17.6 Å². The highest BCUT2D eigenvalue weighted by atomic mass is 16.5. The molecule has 3 rings (SSSR count). The molecule has 2 aromatic rings. The fourth-order valence-corrected chi connectivity index (χ4v) is 3.83. The summed E-state index contributed by atoms with van der Waals surface area (Å²) in [5.74, 6) is -0.770. The number of carbonyl (C=O) groups excluding carboxylic acids is 1. The van der Waals surface area contributed by atoms with Crippen LogP contribution in [0, 0.1) is 0 Å². The number of fused-ring (bicyclic) bond motifs is 1. The molecule has 0 amide bonds. The Morgan fingerprint density at radius 2 is 1.97 bits per heavy atom. The second-order valence-corrected chi connectivity index (χ2v) is 8.46. The standard InChI is InChI=1S/C26H30O7/c1-14(2)6-5-7-15(3)19(28)11-17-20(29)12-24-25(26(17)31)21(30)13-22(33-24)16-8-9-18(27)23(10-16)32-4/h6,8-10,12,19,22,27-29,31H,3,5,7,11,13H2,1-2,4H3. The summed E-state index contributed by atoms with van der Waals surface area (Å²) in [4.78, 5) is 12.9. The molecule has 2 atom stereocenters. The zero-order valence-corrected chi connectivity index (χ0v) is 19.1. The van der Waals surface area contributed by atoms with Crippen LogP contribution in [0.25, 0.3) is 0 Å². The molecular formula is C26H30O7. The van der Waals surface area contributed by atoms with Crippen molar-refractivity contribution in [1.82, 2.24) is 0 Å². The second kappa shape index (κ2) is 10.0. The number of hydrogen-bond acceptors (Lipinski definition) is 7. The maximum Gasteiger partial charge on any atom is 0.174 e. The Morgan fingerprint density at radius 1 is 1.24 bits per heavy atom. The Labute approximate surface area is 193 Å². The van der Waals surface area contributed by atoms with Crippen LogP contribution in [0.2, 0.25) is 0 Å². The number of methoxy groups -OCH3 is 1. The molecule has 1 aliphatic rings. The first-order valence-corrected chi connectivity index (χ1v) is 10.8. The molecule has 0 aliphatic carbocycles. The predicted molar refractivity (Wildman–Crippen MR) is 124 cm³/mol. The molecule has 0 bridgehead atoms. The Bertz CT molecular complexity index is 1100. The SMILES string of the molecule is C=C(CCC=C(C)C)C(O)Cc1c(O)cc2c(c1O)C(=O)CC(c1ccc(O)c(OC)c1)O2. The lowest BCUT2D eigenvalue weighted by Crippen LogP contribution is -2.21. The molecule has 176 valence electrons. The van der Waals surface area contributed by atoms with Crippen LogP contribution >= 0.6 is 0 Å². The fourth-order valence-electron chi connectivity index (χ4n) is 3.83. The summed E-state index contributed by atoms with van der Waals surface area (Å²) in [6.45, 7) is 7.89. The van der Waals surface area contributed by atoms with Gasteiger partial charge in [0.15, 0.2) is 17.3 Å². The number of aliphatic hydroxyl groups excluding tert-OH is 1. The van der Waals surface area contributed by atoms with Crippen LogP contribution in [0.15, 0.2) is 48.1 Å². The summed E-state index contributed by atoms with van der Waals surface area (Å²) in [5, 5.41) is 41.6. The highest BCUT2D eigenvalue weighted by Crippen LogP contribution is 2.45. The smallest absolute Gasteiger partial charge is 0.174 e. The van der Waals surface area contributed by atoms with Crippen LogP contribution in [0.5, 0.6) is 28.7 Å². The number of phenolic OH excluding ortho intramolecular Hbond substituents is 3. The minimum atomic E-state index is -0.984. The molecule has 2 unspecified atom stereocenters. The van der Waals surface area contributed by atoms with Gasteiger partial charge in [0.1, 0.15) is 28.9 Å². The van der Waals surface area contributed by atoms with E-state index in [2.05, 4.69) is 6.58 Å². The first-order chi connectivity index (χ1) is 15.6. The molecule has 2 aromatic carbocycles. The molecule has 1 aliphatic heterocycles. The van der Waals surface area contributed by atoms with Gasteiger partial charge in [-0.15, -0.1) is 0 Å². The number of ketones is 1. The van der Waals surface area contributed by atoms with Gasteiger partial charge in [-0.25, -0.2) is 0 Å². The van der Waals surface area contributed by atoms with E-state index in [1.54, 1.807) is 12.1 Å². The average molecular weight is 455 g/mol. The van der Waals surface area contributed by atoms with Crippen LogP contribution in [-0.4, -0.2) is 39.4 Å². The summed E-state index contributed by atoms with van der Waals surface area (Å²) >= 11 is 0. The van der Waals surface area contributed by atoms with Gasteiger partial charge in [-0.05, 0) is 50.0 Å². The zero-order chi connectivity index (χ0) is 24.3. The molecule has 0 saturated heterocycles. The number of aliphatic hydroxyl groups is 1. The number of Topliss-reactive ketones (excluding diaryl/α,β-unsaturated/α-hetero) is 1. The van der Waals surface area contributed by atoms with Gasteiger partial charge in [0.25, 0.3) is 0 Å². The van der Waals surface area contributed by atoms with E-state index in [0.717, 1.165) is 6.42 Å². The van der Waals surface area contributed by atoms with Gasteiger partial charge in [0.05, 0.1) is 19.6 Å². The number of carbonyl (C=O) groups is 1. The van der Waals surface area contributed by atoms with Crippen molar-refractivity contribution in [1.29, 1.82) is 0 Å². The summed E-state index contributed by atoms with van der Waals surface area (Å²) in [6.07, 6.45) is 1.56. The molecule has 0 spiro atoms. The van der Waals surface area contributed by atoms with Gasteiger partial charge in [-0.1, -0.05) is 24.3 Å². The Hall–Kier alpha value is -3.45. The third-order valence-electron chi connectivity index (χ3n) is 5.73. The molecule has 4 N–H and O–H groups in total. The third-order valence-corrected chi connectivity index (χ3v) is 5.73. The number of allylic oxidation sites excluding steroid dienone is 2. The van der Waals surface area contributed by atoms with Gasteiger partial charge < -0.3 is 29.9 Å². The minimum absolute atomic E-state index is 0.0212. The minimum Gasteiger partial charge on any atom is -0.507 e. The maximum absolute atomic E-state index is 12.9. The molecule has 1 heterocycles.